The van der Waals surface area contributed by atoms with Crippen molar-refractivity contribution in [1.82, 2.24) is 0 Å². The summed E-state index contributed by atoms with van der Waals surface area (Å²) in [7, 11) is 3.17. The van der Waals surface area contributed by atoms with Crippen molar-refractivity contribution in [2.45, 2.75) is 70.6 Å². The fraction of sp³-hybridized carbons (Fsp3) is 0.517. The van der Waals surface area contributed by atoms with E-state index in [-0.39, 0.29) is 11.5 Å². The molecule has 0 saturated heterocycles. The molecule has 6 nitrogen and oxygen atoms in total. The van der Waals surface area contributed by atoms with E-state index in [1.54, 1.807) is 38.8 Å². The summed E-state index contributed by atoms with van der Waals surface area (Å²) in [5.74, 6) is 1.70. The number of rotatable bonds is 18. The molecule has 0 heterocycles. The molecule has 0 bridgehead atoms. The van der Waals surface area contributed by atoms with Crippen molar-refractivity contribution in [2.75, 3.05) is 27.3 Å². The van der Waals surface area contributed by atoms with Crippen LogP contribution in [0.1, 0.15) is 81.8 Å². The molecule has 2 aromatic rings. The summed E-state index contributed by atoms with van der Waals surface area (Å²) in [6, 6.07) is 10.5. The molecule has 192 valence electrons. The molecule has 0 radical (unpaired) electrons. The van der Waals surface area contributed by atoms with E-state index in [1.165, 1.54) is 57.8 Å². The third-order valence-corrected chi connectivity index (χ3v) is 6.01. The Hall–Kier alpha value is -3.02. The number of benzene rings is 2. The first-order valence-electron chi connectivity index (χ1n) is 12.9. The molecular formula is C29H42N2O4. The van der Waals surface area contributed by atoms with Gasteiger partial charge in [-0.05, 0) is 37.1 Å². The maximum atomic E-state index is 9.92. The molecule has 6 heteroatoms. The second kappa shape index (κ2) is 17.4. The zero-order chi connectivity index (χ0) is 25.1. The van der Waals surface area contributed by atoms with Gasteiger partial charge in [0.25, 0.3) is 0 Å². The predicted molar refractivity (Wildman–Crippen MR) is 145 cm³/mol. The molecule has 0 aliphatic rings. The summed E-state index contributed by atoms with van der Waals surface area (Å²) in [5, 5.41) is 19.8. The van der Waals surface area contributed by atoms with E-state index in [0.29, 0.717) is 11.5 Å². The summed E-state index contributed by atoms with van der Waals surface area (Å²) in [6.07, 6.45) is 17.2. The third-order valence-electron chi connectivity index (χ3n) is 6.01. The van der Waals surface area contributed by atoms with Crippen LogP contribution in [0.5, 0.6) is 23.0 Å². The lowest BCUT2D eigenvalue weighted by molar-refractivity contribution is 0.407. The SMILES string of the molecule is COc1ccc(C=NCCCCCCCCCCCCCN=Cc2ccc(OC)cc2O)c(O)c1. The van der Waals surface area contributed by atoms with Crippen LogP contribution in [0.15, 0.2) is 46.4 Å². The van der Waals surface area contributed by atoms with Crippen LogP contribution in [-0.2, 0) is 0 Å². The Balaban J connectivity index is 1.37. The topological polar surface area (TPSA) is 83.6 Å². The molecule has 0 atom stereocenters. The fourth-order valence-electron chi connectivity index (χ4n) is 3.84. The van der Waals surface area contributed by atoms with Gasteiger partial charge in [-0.3, -0.25) is 9.98 Å². The summed E-state index contributed by atoms with van der Waals surface area (Å²) < 4.78 is 10.2. The highest BCUT2D eigenvalue weighted by Crippen LogP contribution is 2.23. The number of hydrogen-bond acceptors (Lipinski definition) is 6. The van der Waals surface area contributed by atoms with Crippen LogP contribution in [0.4, 0.5) is 0 Å². The van der Waals surface area contributed by atoms with Gasteiger partial charge in [0.15, 0.2) is 0 Å². The van der Waals surface area contributed by atoms with E-state index in [2.05, 4.69) is 9.98 Å². The van der Waals surface area contributed by atoms with E-state index < -0.39 is 0 Å². The van der Waals surface area contributed by atoms with Crippen molar-refractivity contribution < 1.29 is 19.7 Å². The Morgan fingerprint density at radius 2 is 0.914 bits per heavy atom. The molecule has 2 aromatic carbocycles. The average molecular weight is 483 g/mol. The van der Waals surface area contributed by atoms with E-state index in [4.69, 9.17) is 9.47 Å². The number of ether oxygens (including phenoxy) is 2. The largest absolute Gasteiger partial charge is 0.507 e. The van der Waals surface area contributed by atoms with Gasteiger partial charge in [-0.25, -0.2) is 0 Å². The molecule has 0 unspecified atom stereocenters. The quantitative estimate of drug-likeness (QED) is 0.178. The highest BCUT2D eigenvalue weighted by atomic mass is 16.5. The van der Waals surface area contributed by atoms with Gasteiger partial charge in [-0.2, -0.15) is 0 Å². The first-order valence-corrected chi connectivity index (χ1v) is 12.9. The Kier molecular flexibility index (Phi) is 14.0. The monoisotopic (exact) mass is 482 g/mol. The number of aliphatic imine (C=N–C) groups is 2. The van der Waals surface area contributed by atoms with Gasteiger partial charge in [-0.15, -0.1) is 0 Å². The van der Waals surface area contributed by atoms with E-state index in [9.17, 15) is 10.2 Å². The van der Waals surface area contributed by atoms with Gasteiger partial charge < -0.3 is 19.7 Å². The molecule has 0 aliphatic heterocycles. The number of methoxy groups -OCH3 is 2. The number of aromatic hydroxyl groups is 2. The molecule has 2 N–H and O–H groups in total. The summed E-state index contributed by atoms with van der Waals surface area (Å²) in [4.78, 5) is 8.86. The number of phenols is 2. The molecule has 35 heavy (non-hydrogen) atoms. The van der Waals surface area contributed by atoms with Crippen molar-refractivity contribution in [3.63, 3.8) is 0 Å². The zero-order valence-corrected chi connectivity index (χ0v) is 21.4. The lowest BCUT2D eigenvalue weighted by Gasteiger charge is -2.03. The summed E-state index contributed by atoms with van der Waals surface area (Å²) in [5.41, 5.74) is 1.46. The Bertz CT molecular complexity index is 838. The molecular weight excluding hydrogens is 440 g/mol. The van der Waals surface area contributed by atoms with E-state index >= 15 is 0 Å². The molecule has 0 spiro atoms. The van der Waals surface area contributed by atoms with Crippen molar-refractivity contribution >= 4 is 12.4 Å². The molecule has 0 saturated carbocycles. The number of nitrogens with zero attached hydrogens (tertiary/aromatic N) is 2. The number of phenolic OH excluding ortho intramolecular Hbond substituents is 2. The summed E-state index contributed by atoms with van der Waals surface area (Å²) >= 11 is 0. The maximum Gasteiger partial charge on any atom is 0.128 e. The standard InChI is InChI=1S/C29H42N2O4/c1-34-26-16-14-24(28(32)20-26)22-30-18-12-10-8-6-4-3-5-7-9-11-13-19-31-23-25-15-17-27(35-2)21-29(25)33/h14-17,20-23,32-33H,3-13,18-19H2,1-2H3. The lowest BCUT2D eigenvalue weighted by atomic mass is 10.1. The molecule has 0 aliphatic carbocycles. The highest BCUT2D eigenvalue weighted by molar-refractivity contribution is 5.84. The Morgan fingerprint density at radius 1 is 0.571 bits per heavy atom. The van der Waals surface area contributed by atoms with Crippen molar-refractivity contribution in [2.24, 2.45) is 9.98 Å². The van der Waals surface area contributed by atoms with Gasteiger partial charge in [0.1, 0.15) is 23.0 Å². The first kappa shape index (κ1) is 28.2. The second-order valence-electron chi connectivity index (χ2n) is 8.81. The molecule has 2 rings (SSSR count). The van der Waals surface area contributed by atoms with Crippen LogP contribution in [0.2, 0.25) is 0 Å². The minimum absolute atomic E-state index is 0.201. The smallest absolute Gasteiger partial charge is 0.128 e. The highest BCUT2D eigenvalue weighted by Gasteiger charge is 2.01. The van der Waals surface area contributed by atoms with E-state index in [0.717, 1.165) is 37.1 Å². The van der Waals surface area contributed by atoms with Crippen molar-refractivity contribution in [3.05, 3.63) is 47.5 Å². The first-order chi connectivity index (χ1) is 17.1. The minimum Gasteiger partial charge on any atom is -0.507 e. The Labute approximate surface area is 210 Å². The van der Waals surface area contributed by atoms with Crippen LogP contribution < -0.4 is 9.47 Å². The van der Waals surface area contributed by atoms with Gasteiger partial charge in [0, 0.05) is 48.8 Å². The average Bonchev–Trinajstić information content (AvgIpc) is 2.87. The normalized spacial score (nSPS) is 11.5. The third kappa shape index (κ3) is 11.8. The second-order valence-corrected chi connectivity index (χ2v) is 8.81. The maximum absolute atomic E-state index is 9.92. The molecule has 0 fully saturated rings. The van der Waals surface area contributed by atoms with Crippen molar-refractivity contribution in [3.8, 4) is 23.0 Å². The van der Waals surface area contributed by atoms with E-state index in [1.807, 2.05) is 24.3 Å². The molecule has 0 aromatic heterocycles. The van der Waals surface area contributed by atoms with Gasteiger partial charge in [0.2, 0.25) is 0 Å². The van der Waals surface area contributed by atoms with Crippen LogP contribution >= 0.6 is 0 Å². The van der Waals surface area contributed by atoms with Crippen LogP contribution in [-0.4, -0.2) is 50.0 Å². The molecule has 0 amide bonds. The lowest BCUT2D eigenvalue weighted by Crippen LogP contribution is -1.89. The fourth-order valence-corrected chi connectivity index (χ4v) is 3.84. The van der Waals surface area contributed by atoms with Gasteiger partial charge >= 0.3 is 0 Å². The summed E-state index contributed by atoms with van der Waals surface area (Å²) in [6.45, 7) is 1.60. The minimum atomic E-state index is 0.201. The predicted octanol–water partition coefficient (Wildman–Crippen LogP) is 6.94. The number of hydrogen-bond donors (Lipinski definition) is 2. The van der Waals surface area contributed by atoms with Crippen LogP contribution in [0, 0.1) is 0 Å². The zero-order valence-electron chi connectivity index (χ0n) is 21.4. The Morgan fingerprint density at radius 3 is 1.23 bits per heavy atom. The van der Waals surface area contributed by atoms with Crippen molar-refractivity contribution in [1.29, 1.82) is 0 Å². The van der Waals surface area contributed by atoms with Gasteiger partial charge in [-0.1, -0.05) is 57.8 Å². The van der Waals surface area contributed by atoms with Crippen LogP contribution in [0.25, 0.3) is 0 Å². The van der Waals surface area contributed by atoms with Gasteiger partial charge in [0.05, 0.1) is 14.2 Å². The van der Waals surface area contributed by atoms with Crippen LogP contribution in [0.3, 0.4) is 0 Å². The number of unbranched alkanes of at least 4 members (excludes halogenated alkanes) is 10.